The van der Waals surface area contributed by atoms with Gasteiger partial charge in [0.25, 0.3) is 0 Å². The maximum absolute atomic E-state index is 4.50. The number of nitrogens with one attached hydrogen (secondary N) is 1. The molecule has 0 spiro atoms. The Balaban J connectivity index is 1.52. The van der Waals surface area contributed by atoms with Crippen LogP contribution in [0.5, 0.6) is 0 Å². The molecule has 116 valence electrons. The average Bonchev–Trinajstić information content (AvgIpc) is 2.62. The summed E-state index contributed by atoms with van der Waals surface area (Å²) in [5.74, 6) is 0.870. The molecule has 1 atom stereocenters. The van der Waals surface area contributed by atoms with Crippen molar-refractivity contribution in [3.63, 3.8) is 0 Å². The molecule has 1 saturated heterocycles. The monoisotopic (exact) mass is 295 g/mol. The summed E-state index contributed by atoms with van der Waals surface area (Å²) in [6.07, 6.45) is 8.97. The smallest absolute Gasteiger partial charge is 0.0722 e. The van der Waals surface area contributed by atoms with Crippen LogP contribution in [0.15, 0.2) is 36.5 Å². The van der Waals surface area contributed by atoms with Crippen molar-refractivity contribution in [3.8, 4) is 0 Å². The maximum Gasteiger partial charge on any atom is 0.0722 e. The molecule has 2 fully saturated rings. The Morgan fingerprint density at radius 3 is 2.91 bits per heavy atom. The molecule has 2 aliphatic rings. The van der Waals surface area contributed by atoms with E-state index in [4.69, 9.17) is 0 Å². The second kappa shape index (κ2) is 6.25. The Morgan fingerprint density at radius 2 is 2.00 bits per heavy atom. The van der Waals surface area contributed by atoms with Crippen LogP contribution in [-0.2, 0) is 0 Å². The molecule has 1 aliphatic heterocycles. The van der Waals surface area contributed by atoms with Crippen LogP contribution in [0.3, 0.4) is 0 Å². The molecule has 4 rings (SSSR count). The molecule has 1 unspecified atom stereocenters. The van der Waals surface area contributed by atoms with Gasteiger partial charge in [-0.25, -0.2) is 0 Å². The van der Waals surface area contributed by atoms with Gasteiger partial charge in [-0.1, -0.05) is 31.4 Å². The molecule has 2 aromatic rings. The highest BCUT2D eigenvalue weighted by molar-refractivity contribution is 5.82. The fourth-order valence-corrected chi connectivity index (χ4v) is 4.12. The molecule has 0 bridgehead atoms. The van der Waals surface area contributed by atoms with Gasteiger partial charge in [-0.2, -0.15) is 0 Å². The van der Waals surface area contributed by atoms with Gasteiger partial charge in [-0.05, 0) is 37.0 Å². The molecule has 1 N–H and O–H groups in total. The fraction of sp³-hybridized carbons (Fsp3) is 0.526. The highest BCUT2D eigenvalue weighted by Crippen LogP contribution is 2.29. The standard InChI is InChI=1S/C19H25N3/c1-2-5-15(6-3-1)19-14-22(12-11-21-19)17-9-8-16-7-4-10-20-18(16)13-17/h4,7-10,13,15,19,21H,1-3,5-6,11-12,14H2. The van der Waals surface area contributed by atoms with E-state index < -0.39 is 0 Å². The first kappa shape index (κ1) is 14.0. The van der Waals surface area contributed by atoms with Crippen LogP contribution in [0.1, 0.15) is 32.1 Å². The average molecular weight is 295 g/mol. The Hall–Kier alpha value is -1.61. The van der Waals surface area contributed by atoms with Crippen LogP contribution < -0.4 is 10.2 Å². The van der Waals surface area contributed by atoms with Crippen molar-refractivity contribution >= 4 is 16.6 Å². The topological polar surface area (TPSA) is 28.2 Å². The Bertz CT molecular complexity index is 633. The summed E-state index contributed by atoms with van der Waals surface area (Å²) < 4.78 is 0. The molecule has 1 saturated carbocycles. The number of rotatable bonds is 2. The molecular weight excluding hydrogens is 270 g/mol. The summed E-state index contributed by atoms with van der Waals surface area (Å²) in [4.78, 5) is 7.05. The summed E-state index contributed by atoms with van der Waals surface area (Å²) in [5, 5.41) is 5.00. The van der Waals surface area contributed by atoms with Crippen molar-refractivity contribution in [2.75, 3.05) is 24.5 Å². The third-order valence-corrected chi connectivity index (χ3v) is 5.38. The van der Waals surface area contributed by atoms with Crippen molar-refractivity contribution in [3.05, 3.63) is 36.5 Å². The first-order valence-electron chi connectivity index (χ1n) is 8.73. The number of pyridine rings is 1. The number of anilines is 1. The zero-order chi connectivity index (χ0) is 14.8. The van der Waals surface area contributed by atoms with E-state index in [1.807, 2.05) is 12.3 Å². The summed E-state index contributed by atoms with van der Waals surface area (Å²) in [7, 11) is 0. The van der Waals surface area contributed by atoms with Gasteiger partial charge in [0.1, 0.15) is 0 Å². The van der Waals surface area contributed by atoms with Gasteiger partial charge in [0.2, 0.25) is 0 Å². The van der Waals surface area contributed by atoms with E-state index >= 15 is 0 Å². The number of piperazine rings is 1. The molecular formula is C19H25N3. The lowest BCUT2D eigenvalue weighted by molar-refractivity contribution is 0.257. The zero-order valence-corrected chi connectivity index (χ0v) is 13.2. The number of nitrogens with zero attached hydrogens (tertiary/aromatic N) is 2. The first-order chi connectivity index (χ1) is 10.9. The molecule has 0 amide bonds. The molecule has 1 aromatic carbocycles. The minimum atomic E-state index is 0.661. The van der Waals surface area contributed by atoms with Crippen LogP contribution in [0.25, 0.3) is 10.9 Å². The molecule has 0 radical (unpaired) electrons. The number of benzene rings is 1. The van der Waals surface area contributed by atoms with E-state index in [1.165, 1.54) is 43.2 Å². The lowest BCUT2D eigenvalue weighted by atomic mass is 9.83. The van der Waals surface area contributed by atoms with Gasteiger partial charge in [0, 0.05) is 42.9 Å². The second-order valence-corrected chi connectivity index (χ2v) is 6.79. The summed E-state index contributed by atoms with van der Waals surface area (Å²) >= 11 is 0. The number of aromatic nitrogens is 1. The fourth-order valence-electron chi connectivity index (χ4n) is 4.12. The van der Waals surface area contributed by atoms with Crippen LogP contribution >= 0.6 is 0 Å². The molecule has 2 heterocycles. The Morgan fingerprint density at radius 1 is 1.09 bits per heavy atom. The highest BCUT2D eigenvalue weighted by Gasteiger charge is 2.28. The van der Waals surface area contributed by atoms with E-state index in [2.05, 4.69) is 39.5 Å². The predicted octanol–water partition coefficient (Wildman–Crippen LogP) is 3.59. The van der Waals surface area contributed by atoms with Gasteiger partial charge in [0.15, 0.2) is 0 Å². The van der Waals surface area contributed by atoms with Gasteiger partial charge >= 0.3 is 0 Å². The quantitative estimate of drug-likeness (QED) is 0.917. The third-order valence-electron chi connectivity index (χ3n) is 5.38. The van der Waals surface area contributed by atoms with Crippen molar-refractivity contribution in [2.24, 2.45) is 5.92 Å². The van der Waals surface area contributed by atoms with E-state index in [1.54, 1.807) is 0 Å². The normalized spacial score (nSPS) is 23.8. The van der Waals surface area contributed by atoms with Crippen LogP contribution in [0.2, 0.25) is 0 Å². The largest absolute Gasteiger partial charge is 0.369 e. The van der Waals surface area contributed by atoms with E-state index in [9.17, 15) is 0 Å². The third kappa shape index (κ3) is 2.82. The zero-order valence-electron chi connectivity index (χ0n) is 13.2. The van der Waals surface area contributed by atoms with Crippen LogP contribution in [0, 0.1) is 5.92 Å². The lowest BCUT2D eigenvalue weighted by Crippen LogP contribution is -2.54. The van der Waals surface area contributed by atoms with E-state index in [-0.39, 0.29) is 0 Å². The molecule has 1 aliphatic carbocycles. The van der Waals surface area contributed by atoms with E-state index in [0.717, 1.165) is 31.1 Å². The van der Waals surface area contributed by atoms with E-state index in [0.29, 0.717) is 6.04 Å². The minimum absolute atomic E-state index is 0.661. The molecule has 3 heteroatoms. The maximum atomic E-state index is 4.50. The highest BCUT2D eigenvalue weighted by atomic mass is 15.2. The van der Waals surface area contributed by atoms with Crippen molar-refractivity contribution in [2.45, 2.75) is 38.1 Å². The number of fused-ring (bicyclic) bond motifs is 1. The van der Waals surface area contributed by atoms with Gasteiger partial charge in [0.05, 0.1) is 5.52 Å². The number of hydrogen-bond donors (Lipinski definition) is 1. The Kier molecular flexibility index (Phi) is 3.98. The summed E-state index contributed by atoms with van der Waals surface area (Å²) in [6, 6.07) is 11.5. The van der Waals surface area contributed by atoms with Crippen LogP contribution in [0.4, 0.5) is 5.69 Å². The number of hydrogen-bond acceptors (Lipinski definition) is 3. The SMILES string of the molecule is c1cnc2cc(N3CCNC(C4CCCCC4)C3)ccc2c1. The Labute approximate surface area is 132 Å². The lowest BCUT2D eigenvalue weighted by Gasteiger charge is -2.40. The van der Waals surface area contributed by atoms with Crippen molar-refractivity contribution in [1.82, 2.24) is 10.3 Å². The first-order valence-corrected chi connectivity index (χ1v) is 8.73. The van der Waals surface area contributed by atoms with Crippen molar-refractivity contribution < 1.29 is 0 Å². The summed E-state index contributed by atoms with van der Waals surface area (Å²) in [6.45, 7) is 3.34. The predicted molar refractivity (Wildman–Crippen MR) is 92.3 cm³/mol. The van der Waals surface area contributed by atoms with Gasteiger partial charge in [-0.15, -0.1) is 0 Å². The second-order valence-electron chi connectivity index (χ2n) is 6.79. The molecule has 22 heavy (non-hydrogen) atoms. The van der Waals surface area contributed by atoms with Gasteiger partial charge in [-0.3, -0.25) is 4.98 Å². The molecule has 1 aromatic heterocycles. The van der Waals surface area contributed by atoms with Gasteiger partial charge < -0.3 is 10.2 Å². The van der Waals surface area contributed by atoms with Crippen molar-refractivity contribution in [1.29, 1.82) is 0 Å². The van der Waals surface area contributed by atoms with Crippen LogP contribution in [-0.4, -0.2) is 30.7 Å². The summed E-state index contributed by atoms with van der Waals surface area (Å²) in [5.41, 5.74) is 2.43. The minimum Gasteiger partial charge on any atom is -0.369 e. The molecule has 3 nitrogen and oxygen atoms in total.